The van der Waals surface area contributed by atoms with E-state index in [2.05, 4.69) is 0 Å². The number of hydrogen-bond acceptors (Lipinski definition) is 9. The molecule has 0 bridgehead atoms. The van der Waals surface area contributed by atoms with Gasteiger partial charge in [0.2, 0.25) is 0 Å². The first kappa shape index (κ1) is 26.3. The topological polar surface area (TPSA) is 171 Å². The molecule has 2 N–H and O–H groups in total. The van der Waals surface area contributed by atoms with Crippen LogP contribution in [0.25, 0.3) is 0 Å². The molecule has 0 aromatic carbocycles. The molecule has 0 aromatic rings. The van der Waals surface area contributed by atoms with E-state index in [-0.39, 0.29) is 64.6 Å². The van der Waals surface area contributed by atoms with Crippen LogP contribution in [0.2, 0.25) is 0 Å². The first-order chi connectivity index (χ1) is 15.5. The van der Waals surface area contributed by atoms with Crippen LogP contribution in [-0.4, -0.2) is 59.2 Å². The number of hydrogen-bond donors (Lipinski definition) is 2. The van der Waals surface area contributed by atoms with E-state index in [0.29, 0.717) is 0 Å². The second kappa shape index (κ2) is 10.8. The first-order valence-corrected chi connectivity index (χ1v) is 11.1. The molecular formula is C22H30O11. The predicted octanol–water partition coefficient (Wildman–Crippen LogP) is 1.70. The molecule has 2 saturated carbocycles. The van der Waals surface area contributed by atoms with E-state index in [1.165, 1.54) is 0 Å². The summed E-state index contributed by atoms with van der Waals surface area (Å²) >= 11 is 0. The third kappa shape index (κ3) is 5.33. The molecule has 2 aliphatic carbocycles. The van der Waals surface area contributed by atoms with Gasteiger partial charge in [-0.15, -0.1) is 0 Å². The van der Waals surface area contributed by atoms with Crippen LogP contribution in [0.1, 0.15) is 65.2 Å². The normalized spacial score (nSPS) is 29.4. The summed E-state index contributed by atoms with van der Waals surface area (Å²) in [5.74, 6) is -7.77. The van der Waals surface area contributed by atoms with Gasteiger partial charge in [-0.25, -0.2) is 0 Å². The predicted molar refractivity (Wildman–Crippen MR) is 108 cm³/mol. The van der Waals surface area contributed by atoms with Crippen molar-refractivity contribution in [1.29, 1.82) is 0 Å². The second-order valence-corrected chi connectivity index (χ2v) is 8.50. The molecule has 11 nitrogen and oxygen atoms in total. The molecule has 0 spiro atoms. The maximum absolute atomic E-state index is 12.8. The highest BCUT2D eigenvalue weighted by atomic mass is 16.6. The quantitative estimate of drug-likeness (QED) is 0.300. The Morgan fingerprint density at radius 1 is 0.667 bits per heavy atom. The van der Waals surface area contributed by atoms with Crippen molar-refractivity contribution in [2.24, 2.45) is 22.7 Å². The van der Waals surface area contributed by atoms with Crippen molar-refractivity contribution in [2.75, 3.05) is 13.2 Å². The lowest BCUT2D eigenvalue weighted by Gasteiger charge is -2.36. The Morgan fingerprint density at radius 3 is 1.21 bits per heavy atom. The van der Waals surface area contributed by atoms with E-state index in [1.54, 1.807) is 13.8 Å². The van der Waals surface area contributed by atoms with Crippen molar-refractivity contribution < 1.29 is 53.2 Å². The van der Waals surface area contributed by atoms with Crippen molar-refractivity contribution >= 4 is 35.8 Å². The van der Waals surface area contributed by atoms with Crippen LogP contribution in [0.4, 0.5) is 0 Å². The maximum Gasteiger partial charge on any atom is 0.331 e. The third-order valence-electron chi connectivity index (χ3n) is 6.70. The van der Waals surface area contributed by atoms with Crippen molar-refractivity contribution in [3.05, 3.63) is 0 Å². The molecular weight excluding hydrogens is 440 g/mol. The molecule has 2 rings (SSSR count). The average Bonchev–Trinajstić information content (AvgIpc) is 2.79. The maximum atomic E-state index is 12.8. The largest absolute Gasteiger partial charge is 0.480 e. The fourth-order valence-corrected chi connectivity index (χ4v) is 4.50. The summed E-state index contributed by atoms with van der Waals surface area (Å²) in [5, 5.41) is 19.5. The van der Waals surface area contributed by atoms with Gasteiger partial charge in [0.1, 0.15) is 0 Å². The van der Waals surface area contributed by atoms with Gasteiger partial charge in [0.15, 0.2) is 10.8 Å². The highest BCUT2D eigenvalue weighted by Crippen LogP contribution is 2.44. The second-order valence-electron chi connectivity index (χ2n) is 8.50. The summed E-state index contributed by atoms with van der Waals surface area (Å²) in [6, 6.07) is 0. The Hall–Kier alpha value is -2.98. The van der Waals surface area contributed by atoms with Crippen molar-refractivity contribution in [1.82, 2.24) is 0 Å². The van der Waals surface area contributed by atoms with Gasteiger partial charge in [-0.05, 0) is 65.2 Å². The van der Waals surface area contributed by atoms with Crippen molar-refractivity contribution in [3.63, 3.8) is 0 Å². The molecule has 11 heteroatoms. The van der Waals surface area contributed by atoms with Gasteiger partial charge in [0.05, 0.1) is 25.0 Å². The van der Waals surface area contributed by atoms with Crippen LogP contribution < -0.4 is 0 Å². The number of aliphatic carboxylic acids is 2. The first-order valence-electron chi connectivity index (χ1n) is 11.1. The molecule has 0 aliphatic heterocycles. The minimum atomic E-state index is -2.06. The lowest BCUT2D eigenvalue weighted by molar-refractivity contribution is -0.187. The van der Waals surface area contributed by atoms with Gasteiger partial charge in [-0.1, -0.05) is 0 Å². The van der Waals surface area contributed by atoms with Crippen LogP contribution in [-0.2, 0) is 43.0 Å². The molecule has 184 valence electrons. The van der Waals surface area contributed by atoms with E-state index in [9.17, 15) is 39.0 Å². The lowest BCUT2D eigenvalue weighted by Crippen LogP contribution is -2.49. The summed E-state index contributed by atoms with van der Waals surface area (Å²) in [5.41, 5.74) is -4.11. The number of carbonyl (C=O) groups excluding carboxylic acids is 4. The number of carboxylic acid groups (broad SMARTS) is 2. The molecule has 0 amide bonds. The molecule has 0 heterocycles. The standard InChI is InChI=1S/C22H30O11/c1-3-31-15(23)13-5-9-21(10-6-13,17(25)26)19(29)33-20(30)22(18(27)28)11-7-14(8-12-22)16(24)32-4-2/h13-14H,3-12H2,1-2H3,(H,25,26)(H,27,28). The Labute approximate surface area is 190 Å². The van der Waals surface area contributed by atoms with Crippen LogP contribution in [0.15, 0.2) is 0 Å². The summed E-state index contributed by atoms with van der Waals surface area (Å²) in [6.45, 7) is 3.63. The molecule has 0 aromatic heterocycles. The van der Waals surface area contributed by atoms with Gasteiger partial charge in [-0.2, -0.15) is 0 Å². The fraction of sp³-hybridized carbons (Fsp3) is 0.727. The average molecular weight is 470 g/mol. The van der Waals surface area contributed by atoms with Gasteiger partial charge in [-0.3, -0.25) is 28.8 Å². The molecule has 2 aliphatic rings. The fourth-order valence-electron chi connectivity index (χ4n) is 4.50. The number of rotatable bonds is 8. The Kier molecular flexibility index (Phi) is 8.57. The zero-order chi connectivity index (χ0) is 24.8. The monoisotopic (exact) mass is 470 g/mol. The highest BCUT2D eigenvalue weighted by molar-refractivity contribution is 6.08. The summed E-state index contributed by atoms with van der Waals surface area (Å²) in [6.07, 6.45) is -0.767. The molecule has 33 heavy (non-hydrogen) atoms. The Bertz CT molecular complexity index is 733. The highest BCUT2D eigenvalue weighted by Gasteiger charge is 2.56. The number of esters is 4. The van der Waals surface area contributed by atoms with Gasteiger partial charge in [0.25, 0.3) is 0 Å². The van der Waals surface area contributed by atoms with E-state index >= 15 is 0 Å². The molecule has 2 fully saturated rings. The Morgan fingerprint density at radius 2 is 0.970 bits per heavy atom. The van der Waals surface area contributed by atoms with Crippen LogP contribution in [0, 0.1) is 22.7 Å². The van der Waals surface area contributed by atoms with Crippen LogP contribution in [0.3, 0.4) is 0 Å². The molecule has 0 unspecified atom stereocenters. The number of carbonyl (C=O) groups is 6. The van der Waals surface area contributed by atoms with Gasteiger partial charge < -0.3 is 24.4 Å². The van der Waals surface area contributed by atoms with Gasteiger partial charge in [0, 0.05) is 0 Å². The van der Waals surface area contributed by atoms with E-state index in [4.69, 9.17) is 14.2 Å². The zero-order valence-electron chi connectivity index (χ0n) is 18.8. The van der Waals surface area contributed by atoms with Crippen molar-refractivity contribution in [2.45, 2.75) is 65.2 Å². The third-order valence-corrected chi connectivity index (χ3v) is 6.70. The minimum Gasteiger partial charge on any atom is -0.480 e. The van der Waals surface area contributed by atoms with E-state index in [0.717, 1.165) is 0 Å². The van der Waals surface area contributed by atoms with Gasteiger partial charge >= 0.3 is 35.8 Å². The SMILES string of the molecule is CCOC(=O)C1CCC(C(=O)O)(C(=O)OC(=O)C2(C(=O)O)CCC(C(=O)OCC)CC2)CC1. The lowest BCUT2D eigenvalue weighted by atomic mass is 9.69. The van der Waals surface area contributed by atoms with Crippen molar-refractivity contribution in [3.8, 4) is 0 Å². The molecule has 0 atom stereocenters. The smallest absolute Gasteiger partial charge is 0.331 e. The molecule has 0 saturated heterocycles. The minimum absolute atomic E-state index is 0.0553. The van der Waals surface area contributed by atoms with E-state index < -0.39 is 58.5 Å². The summed E-state index contributed by atoms with van der Waals surface area (Å²) < 4.78 is 14.8. The zero-order valence-corrected chi connectivity index (χ0v) is 18.8. The summed E-state index contributed by atoms with van der Waals surface area (Å²) in [4.78, 5) is 73.5. The van der Waals surface area contributed by atoms with Crippen LogP contribution in [0.5, 0.6) is 0 Å². The van der Waals surface area contributed by atoms with E-state index in [1.807, 2.05) is 0 Å². The number of carboxylic acids is 2. The number of ether oxygens (including phenoxy) is 3. The molecule has 0 radical (unpaired) electrons. The van der Waals surface area contributed by atoms with Crippen LogP contribution >= 0.6 is 0 Å². The summed E-state index contributed by atoms with van der Waals surface area (Å²) in [7, 11) is 0. The Balaban J connectivity index is 2.12.